The van der Waals surface area contributed by atoms with E-state index < -0.39 is 15.8 Å². The maximum absolute atomic E-state index is 11.9. The maximum Gasteiger partial charge on any atom is 0.338 e. The lowest BCUT2D eigenvalue weighted by molar-refractivity contribution is 0.0450. The van der Waals surface area contributed by atoms with Crippen LogP contribution in [0, 0.1) is 0 Å². The molecule has 24 heavy (non-hydrogen) atoms. The van der Waals surface area contributed by atoms with Gasteiger partial charge in [0.1, 0.15) is 19.0 Å². The summed E-state index contributed by atoms with van der Waals surface area (Å²) in [7, 11) is -3.10. The molecule has 2 aromatic rings. The summed E-state index contributed by atoms with van der Waals surface area (Å²) in [6.45, 7) is 0.325. The third-order valence-electron chi connectivity index (χ3n) is 3.02. The maximum atomic E-state index is 11.9. The number of hydrogen-bond acceptors (Lipinski definition) is 5. The molecule has 0 aliphatic heterocycles. The summed E-state index contributed by atoms with van der Waals surface area (Å²) >= 11 is 5.77. The molecule has 0 amide bonds. The topological polar surface area (TPSA) is 69.7 Å². The Bertz CT molecular complexity index is 783. The van der Waals surface area contributed by atoms with Crippen LogP contribution in [0.2, 0.25) is 5.02 Å². The number of ether oxygens (including phenoxy) is 2. The van der Waals surface area contributed by atoms with Gasteiger partial charge < -0.3 is 9.47 Å². The fourth-order valence-electron chi connectivity index (χ4n) is 1.95. The predicted octanol–water partition coefficient (Wildman–Crippen LogP) is 3.12. The molecule has 0 spiro atoms. The number of carbonyl (C=O) groups excluding carboxylic acids is 1. The first-order valence-electron chi connectivity index (χ1n) is 7.16. The van der Waals surface area contributed by atoms with Crippen molar-refractivity contribution < 1.29 is 22.7 Å². The number of sulfone groups is 1. The molecule has 2 rings (SSSR count). The van der Waals surface area contributed by atoms with Crippen molar-refractivity contribution in [1.82, 2.24) is 0 Å². The van der Waals surface area contributed by atoms with Crippen molar-refractivity contribution in [1.29, 1.82) is 0 Å². The third kappa shape index (κ3) is 6.22. The van der Waals surface area contributed by atoms with Crippen LogP contribution in [0.1, 0.15) is 15.9 Å². The van der Waals surface area contributed by atoms with Crippen molar-refractivity contribution in [3.8, 4) is 5.75 Å². The highest BCUT2D eigenvalue weighted by molar-refractivity contribution is 7.89. The van der Waals surface area contributed by atoms with Crippen LogP contribution in [0.5, 0.6) is 5.75 Å². The van der Waals surface area contributed by atoms with E-state index >= 15 is 0 Å². The summed E-state index contributed by atoms with van der Waals surface area (Å²) in [4.78, 5) is 11.9. The van der Waals surface area contributed by atoms with Crippen LogP contribution in [0.15, 0.2) is 48.5 Å². The second kappa shape index (κ2) is 8.17. The first-order chi connectivity index (χ1) is 11.3. The van der Waals surface area contributed by atoms with Crippen LogP contribution < -0.4 is 4.74 Å². The van der Waals surface area contributed by atoms with Gasteiger partial charge in [0.2, 0.25) is 0 Å². The molecule has 0 saturated carbocycles. The molecule has 0 N–H and O–H groups in total. The minimum Gasteiger partial charge on any atom is -0.490 e. The van der Waals surface area contributed by atoms with E-state index in [1.807, 2.05) is 0 Å². The van der Waals surface area contributed by atoms with Crippen molar-refractivity contribution >= 4 is 27.4 Å². The molecular formula is C17H17ClO5S. The minimum absolute atomic E-state index is 0.0583. The van der Waals surface area contributed by atoms with E-state index in [2.05, 4.69) is 0 Å². The largest absolute Gasteiger partial charge is 0.490 e. The minimum atomic E-state index is -3.10. The Morgan fingerprint density at radius 1 is 1.00 bits per heavy atom. The molecule has 0 heterocycles. The lowest BCUT2D eigenvalue weighted by Crippen LogP contribution is -2.12. The van der Waals surface area contributed by atoms with Crippen LogP contribution in [-0.4, -0.2) is 33.9 Å². The summed E-state index contributed by atoms with van der Waals surface area (Å²) in [5.41, 5.74) is 0.985. The van der Waals surface area contributed by atoms with Gasteiger partial charge >= 0.3 is 5.97 Å². The summed E-state index contributed by atoms with van der Waals surface area (Å²) in [6, 6.07) is 13.2. The van der Waals surface area contributed by atoms with Gasteiger partial charge in [0.15, 0.2) is 9.84 Å². The van der Waals surface area contributed by atoms with Crippen molar-refractivity contribution in [2.24, 2.45) is 0 Å². The van der Waals surface area contributed by atoms with E-state index in [4.69, 9.17) is 21.1 Å². The van der Waals surface area contributed by atoms with E-state index in [0.717, 1.165) is 6.26 Å². The van der Waals surface area contributed by atoms with E-state index in [-0.39, 0.29) is 19.0 Å². The number of rotatable bonds is 7. The molecule has 0 fully saturated rings. The average molecular weight is 369 g/mol. The molecule has 0 aliphatic carbocycles. The van der Waals surface area contributed by atoms with Crippen LogP contribution in [0.4, 0.5) is 0 Å². The SMILES string of the molecule is CS(=O)(=O)Cc1ccc(C(=O)OCCOc2ccc(Cl)cc2)cc1. The molecule has 5 nitrogen and oxygen atoms in total. The highest BCUT2D eigenvalue weighted by atomic mass is 35.5. The van der Waals surface area contributed by atoms with Gasteiger partial charge in [-0.15, -0.1) is 0 Å². The summed E-state index contributed by atoms with van der Waals surface area (Å²) in [5.74, 6) is 0.0956. The molecule has 0 aromatic heterocycles. The molecular weight excluding hydrogens is 352 g/mol. The quantitative estimate of drug-likeness (QED) is 0.554. The fraction of sp³-hybridized carbons (Fsp3) is 0.235. The Morgan fingerprint density at radius 2 is 1.62 bits per heavy atom. The average Bonchev–Trinajstić information content (AvgIpc) is 2.52. The highest BCUT2D eigenvalue weighted by Crippen LogP contribution is 2.15. The van der Waals surface area contributed by atoms with E-state index in [0.29, 0.717) is 21.9 Å². The number of halogens is 1. The standard InChI is InChI=1S/C17H17ClO5S/c1-24(20,21)12-13-2-4-14(5-3-13)17(19)23-11-10-22-16-8-6-15(18)7-9-16/h2-9H,10-12H2,1H3. The van der Waals surface area contributed by atoms with Gasteiger partial charge in [-0.05, 0) is 42.0 Å². The Morgan fingerprint density at radius 3 is 2.21 bits per heavy atom. The van der Waals surface area contributed by atoms with Crippen molar-refractivity contribution in [3.63, 3.8) is 0 Å². The zero-order valence-corrected chi connectivity index (χ0v) is 14.6. The van der Waals surface area contributed by atoms with Crippen molar-refractivity contribution in [3.05, 3.63) is 64.7 Å². The third-order valence-corrected chi connectivity index (χ3v) is 4.13. The number of esters is 1. The lowest BCUT2D eigenvalue weighted by Gasteiger charge is -2.08. The number of hydrogen-bond donors (Lipinski definition) is 0. The van der Waals surface area contributed by atoms with Gasteiger partial charge in [-0.1, -0.05) is 23.7 Å². The molecule has 0 aliphatic rings. The van der Waals surface area contributed by atoms with Crippen molar-refractivity contribution in [2.75, 3.05) is 19.5 Å². The van der Waals surface area contributed by atoms with Gasteiger partial charge in [0, 0.05) is 11.3 Å². The fourth-order valence-corrected chi connectivity index (χ4v) is 2.87. The molecule has 7 heteroatoms. The second-order valence-electron chi connectivity index (χ2n) is 5.21. The van der Waals surface area contributed by atoms with Gasteiger partial charge in [0.25, 0.3) is 0 Å². The summed E-state index contributed by atoms with van der Waals surface area (Å²) < 4.78 is 33.0. The summed E-state index contributed by atoms with van der Waals surface area (Å²) in [6.07, 6.45) is 1.16. The Kier molecular flexibility index (Phi) is 6.23. The number of carbonyl (C=O) groups is 1. The smallest absolute Gasteiger partial charge is 0.338 e. The molecule has 0 bridgehead atoms. The normalized spacial score (nSPS) is 11.1. The van der Waals surface area contributed by atoms with Crippen molar-refractivity contribution in [2.45, 2.75) is 5.75 Å². The molecule has 0 atom stereocenters. The van der Waals surface area contributed by atoms with Gasteiger partial charge in [-0.3, -0.25) is 0 Å². The molecule has 2 aromatic carbocycles. The van der Waals surface area contributed by atoms with Crippen LogP contribution in [0.25, 0.3) is 0 Å². The molecule has 0 unspecified atom stereocenters. The van der Waals surface area contributed by atoms with Gasteiger partial charge in [0.05, 0.1) is 11.3 Å². The predicted molar refractivity (Wildman–Crippen MR) is 92.2 cm³/mol. The van der Waals surface area contributed by atoms with E-state index in [9.17, 15) is 13.2 Å². The molecule has 0 saturated heterocycles. The van der Waals surface area contributed by atoms with E-state index in [1.165, 1.54) is 0 Å². The Labute approximate surface area is 146 Å². The summed E-state index contributed by atoms with van der Waals surface area (Å²) in [5, 5.41) is 0.619. The van der Waals surface area contributed by atoms with Crippen LogP contribution in [-0.2, 0) is 20.3 Å². The molecule has 128 valence electrons. The monoisotopic (exact) mass is 368 g/mol. The Balaban J connectivity index is 1.79. The first-order valence-corrected chi connectivity index (χ1v) is 9.59. The lowest BCUT2D eigenvalue weighted by atomic mass is 10.1. The first kappa shape index (κ1) is 18.3. The zero-order chi connectivity index (χ0) is 17.6. The van der Waals surface area contributed by atoms with Gasteiger partial charge in [-0.25, -0.2) is 13.2 Å². The van der Waals surface area contributed by atoms with Gasteiger partial charge in [-0.2, -0.15) is 0 Å². The second-order valence-corrected chi connectivity index (χ2v) is 7.78. The molecule has 0 radical (unpaired) electrons. The van der Waals surface area contributed by atoms with Crippen LogP contribution >= 0.6 is 11.6 Å². The zero-order valence-electron chi connectivity index (χ0n) is 13.1. The van der Waals surface area contributed by atoms with Crippen LogP contribution in [0.3, 0.4) is 0 Å². The van der Waals surface area contributed by atoms with E-state index in [1.54, 1.807) is 48.5 Å². The highest BCUT2D eigenvalue weighted by Gasteiger charge is 2.09. The Hall–Kier alpha value is -2.05. The number of benzene rings is 2.